The summed E-state index contributed by atoms with van der Waals surface area (Å²) in [4.78, 5) is 0. The number of aliphatic hydroxyl groups excluding tert-OH is 4. The Kier molecular flexibility index (Phi) is 13.0. The first-order valence-corrected chi connectivity index (χ1v) is 13.0. The molecule has 1 saturated heterocycles. The molecule has 0 unspecified atom stereocenters. The van der Waals surface area contributed by atoms with Crippen LogP contribution in [0.1, 0.15) is 44.9 Å². The maximum atomic E-state index is 10.8. The molecular formula is C16H31NO9S3. The van der Waals surface area contributed by atoms with Gasteiger partial charge in [0.15, 0.2) is 0 Å². The summed E-state index contributed by atoms with van der Waals surface area (Å²) < 4.78 is 39.8. The SMILES string of the molecule is CSCCCCCCCC/C(=N/OS(=O)(=O)O)S[C@@H]1O[C@H](CO)[C@@H](O)[C@H](O)[C@H]1O. The Labute approximate surface area is 180 Å². The molecule has 0 radical (unpaired) electrons. The van der Waals surface area contributed by atoms with Gasteiger partial charge in [-0.15, -0.1) is 0 Å². The number of ether oxygens (including phenoxy) is 1. The lowest BCUT2D eigenvalue weighted by molar-refractivity contribution is -0.205. The van der Waals surface area contributed by atoms with Gasteiger partial charge in [0, 0.05) is 0 Å². The van der Waals surface area contributed by atoms with E-state index in [1.807, 2.05) is 11.8 Å². The van der Waals surface area contributed by atoms with Gasteiger partial charge >= 0.3 is 10.4 Å². The quantitative estimate of drug-likeness (QED) is 0.0835. The van der Waals surface area contributed by atoms with Crippen LogP contribution in [0.2, 0.25) is 0 Å². The van der Waals surface area contributed by atoms with Gasteiger partial charge in [-0.3, -0.25) is 4.55 Å². The summed E-state index contributed by atoms with van der Waals surface area (Å²) in [5.74, 6) is 1.14. The maximum absolute atomic E-state index is 10.8. The summed E-state index contributed by atoms with van der Waals surface area (Å²) in [5, 5.41) is 42.6. The Morgan fingerprint density at radius 1 is 1.03 bits per heavy atom. The predicted octanol–water partition coefficient (Wildman–Crippen LogP) is 0.746. The van der Waals surface area contributed by atoms with Gasteiger partial charge in [-0.05, 0) is 31.3 Å². The second kappa shape index (κ2) is 14.0. The minimum atomic E-state index is -4.79. The number of oxime groups is 1. The van der Waals surface area contributed by atoms with Crippen LogP contribution in [0.25, 0.3) is 0 Å². The minimum Gasteiger partial charge on any atom is -0.394 e. The number of nitrogens with zero attached hydrogens (tertiary/aromatic N) is 1. The maximum Gasteiger partial charge on any atom is 0.466 e. The van der Waals surface area contributed by atoms with Crippen molar-refractivity contribution in [2.24, 2.45) is 5.16 Å². The molecule has 0 aliphatic carbocycles. The first-order chi connectivity index (χ1) is 13.7. The van der Waals surface area contributed by atoms with E-state index in [0.29, 0.717) is 12.8 Å². The number of hydrogen-bond donors (Lipinski definition) is 5. The second-order valence-electron chi connectivity index (χ2n) is 6.67. The van der Waals surface area contributed by atoms with Crippen LogP contribution in [0.4, 0.5) is 0 Å². The fourth-order valence-corrected chi connectivity index (χ4v) is 4.58. The van der Waals surface area contributed by atoms with Crippen molar-refractivity contribution in [1.29, 1.82) is 0 Å². The molecule has 172 valence electrons. The highest BCUT2D eigenvalue weighted by molar-refractivity contribution is 8.14. The van der Waals surface area contributed by atoms with E-state index >= 15 is 0 Å². The van der Waals surface area contributed by atoms with Crippen molar-refractivity contribution in [3.8, 4) is 0 Å². The summed E-state index contributed by atoms with van der Waals surface area (Å²) >= 11 is 2.62. The van der Waals surface area contributed by atoms with E-state index in [2.05, 4.69) is 15.7 Å². The van der Waals surface area contributed by atoms with Gasteiger partial charge in [-0.25, -0.2) is 4.28 Å². The molecule has 1 aliphatic heterocycles. The van der Waals surface area contributed by atoms with Crippen LogP contribution in [0.3, 0.4) is 0 Å². The van der Waals surface area contributed by atoms with Crippen molar-refractivity contribution in [1.82, 2.24) is 0 Å². The first-order valence-electron chi connectivity index (χ1n) is 9.38. The molecule has 5 atom stereocenters. The Hall–Kier alpha value is -0.120. The second-order valence-corrected chi connectivity index (χ2v) is 9.83. The fraction of sp³-hybridized carbons (Fsp3) is 0.938. The average Bonchev–Trinajstić information content (AvgIpc) is 2.67. The lowest BCUT2D eigenvalue weighted by atomic mass is 10.0. The van der Waals surface area contributed by atoms with Crippen LogP contribution in [0.15, 0.2) is 5.16 Å². The van der Waals surface area contributed by atoms with Crippen molar-refractivity contribution < 1.29 is 42.4 Å². The van der Waals surface area contributed by atoms with E-state index in [9.17, 15) is 28.8 Å². The van der Waals surface area contributed by atoms with E-state index in [0.717, 1.165) is 43.2 Å². The van der Waals surface area contributed by atoms with Crippen molar-refractivity contribution in [2.75, 3.05) is 18.6 Å². The summed E-state index contributed by atoms with van der Waals surface area (Å²) in [7, 11) is -4.79. The van der Waals surface area contributed by atoms with Crippen molar-refractivity contribution in [2.45, 2.75) is 74.8 Å². The Morgan fingerprint density at radius 3 is 2.24 bits per heavy atom. The summed E-state index contributed by atoms with van der Waals surface area (Å²) in [6, 6.07) is 0. The highest BCUT2D eigenvalue weighted by atomic mass is 32.3. The number of hydrogen-bond acceptors (Lipinski definition) is 11. The highest BCUT2D eigenvalue weighted by Crippen LogP contribution is 2.30. The van der Waals surface area contributed by atoms with Gasteiger partial charge in [-0.1, -0.05) is 42.6 Å². The van der Waals surface area contributed by atoms with E-state index in [1.54, 1.807) is 0 Å². The zero-order valence-electron chi connectivity index (χ0n) is 16.3. The Balaban J connectivity index is 2.61. The molecule has 0 bridgehead atoms. The van der Waals surface area contributed by atoms with Gasteiger partial charge in [0.25, 0.3) is 0 Å². The molecule has 1 aliphatic rings. The number of aliphatic hydroxyl groups is 4. The summed E-state index contributed by atoms with van der Waals surface area (Å²) in [6.45, 7) is -0.577. The normalized spacial score (nSPS) is 28.5. The monoisotopic (exact) mass is 477 g/mol. The lowest BCUT2D eigenvalue weighted by Crippen LogP contribution is -2.57. The topological polar surface area (TPSA) is 166 Å². The first kappa shape index (κ1) is 26.9. The zero-order chi connectivity index (χ0) is 21.9. The zero-order valence-corrected chi connectivity index (χ0v) is 18.7. The largest absolute Gasteiger partial charge is 0.466 e. The van der Waals surface area contributed by atoms with E-state index in [-0.39, 0.29) is 5.04 Å². The van der Waals surface area contributed by atoms with Gasteiger partial charge in [0.05, 0.1) is 6.61 Å². The summed E-state index contributed by atoms with van der Waals surface area (Å²) in [6.07, 6.45) is 2.70. The third-order valence-electron chi connectivity index (χ3n) is 4.32. The van der Waals surface area contributed by atoms with Crippen LogP contribution < -0.4 is 0 Å². The molecule has 29 heavy (non-hydrogen) atoms. The number of unbranched alkanes of at least 4 members (excludes halogenated alkanes) is 5. The molecule has 13 heteroatoms. The standard InChI is InChI=1S/C16H31NO9S3/c1-27-9-7-5-3-2-4-6-8-12(17-26-29(22,23)24)28-16-15(21)14(20)13(19)11(10-18)25-16/h11,13-16,18-21H,2-10H2,1H3,(H,22,23,24)/b17-12-/t11-,13-,14+,15-,16+/m1/s1. The molecular weight excluding hydrogens is 446 g/mol. The molecule has 1 fully saturated rings. The molecule has 5 N–H and O–H groups in total. The summed E-state index contributed by atoms with van der Waals surface area (Å²) in [5.41, 5.74) is -1.11. The Bertz CT molecular complexity index is 588. The number of thioether (sulfide) groups is 2. The minimum absolute atomic E-state index is 0.134. The molecule has 0 aromatic rings. The van der Waals surface area contributed by atoms with Crippen LogP contribution in [-0.4, -0.2) is 86.9 Å². The molecule has 1 rings (SSSR count). The van der Waals surface area contributed by atoms with Gasteiger partial charge in [0.2, 0.25) is 0 Å². The van der Waals surface area contributed by atoms with Gasteiger partial charge in [-0.2, -0.15) is 20.2 Å². The lowest BCUT2D eigenvalue weighted by Gasteiger charge is -2.39. The van der Waals surface area contributed by atoms with E-state index in [1.165, 1.54) is 6.42 Å². The van der Waals surface area contributed by atoms with Crippen molar-refractivity contribution >= 4 is 39.0 Å². The van der Waals surface area contributed by atoms with Crippen molar-refractivity contribution in [3.63, 3.8) is 0 Å². The van der Waals surface area contributed by atoms with Gasteiger partial charge < -0.3 is 25.2 Å². The molecule has 1 heterocycles. The third-order valence-corrected chi connectivity index (χ3v) is 6.46. The third kappa shape index (κ3) is 10.6. The van der Waals surface area contributed by atoms with Crippen LogP contribution in [0.5, 0.6) is 0 Å². The highest BCUT2D eigenvalue weighted by Gasteiger charge is 2.44. The Morgan fingerprint density at radius 2 is 1.66 bits per heavy atom. The van der Waals surface area contributed by atoms with Crippen LogP contribution >= 0.6 is 23.5 Å². The van der Waals surface area contributed by atoms with Gasteiger partial charge in [0.1, 0.15) is 34.9 Å². The predicted molar refractivity (Wildman–Crippen MR) is 112 cm³/mol. The van der Waals surface area contributed by atoms with Crippen molar-refractivity contribution in [3.05, 3.63) is 0 Å². The molecule has 0 saturated carbocycles. The molecule has 0 amide bonds. The smallest absolute Gasteiger partial charge is 0.394 e. The molecule has 0 spiro atoms. The van der Waals surface area contributed by atoms with E-state index < -0.39 is 46.9 Å². The van der Waals surface area contributed by atoms with Crippen LogP contribution in [0, 0.1) is 0 Å². The molecule has 10 nitrogen and oxygen atoms in total. The average molecular weight is 478 g/mol. The fourth-order valence-electron chi connectivity index (χ4n) is 2.74. The number of rotatable bonds is 13. The molecule has 0 aromatic heterocycles. The van der Waals surface area contributed by atoms with Crippen LogP contribution in [-0.2, 0) is 19.4 Å². The van der Waals surface area contributed by atoms with E-state index in [4.69, 9.17) is 9.29 Å². The molecule has 0 aromatic carbocycles.